The predicted molar refractivity (Wildman–Crippen MR) is 77.8 cm³/mol. The van der Waals surface area contributed by atoms with Crippen LogP contribution in [0, 0.1) is 6.92 Å². The molecule has 5 nitrogen and oxygen atoms in total. The lowest BCUT2D eigenvalue weighted by atomic mass is 10.1. The maximum atomic E-state index is 12.0. The van der Waals surface area contributed by atoms with Crippen molar-refractivity contribution in [3.63, 3.8) is 0 Å². The van der Waals surface area contributed by atoms with E-state index in [1.165, 1.54) is 0 Å². The van der Waals surface area contributed by atoms with Crippen molar-refractivity contribution in [2.24, 2.45) is 0 Å². The molecule has 20 heavy (non-hydrogen) atoms. The molecule has 1 aromatic carbocycles. The van der Waals surface area contributed by atoms with Gasteiger partial charge in [0.15, 0.2) is 0 Å². The average molecular weight is 295 g/mol. The molecule has 0 amide bonds. The largest absolute Gasteiger partial charge is 0.497 e. The van der Waals surface area contributed by atoms with Gasteiger partial charge in [0.05, 0.1) is 7.11 Å². The first-order chi connectivity index (χ1) is 9.52. The first-order valence-corrected chi connectivity index (χ1v) is 6.53. The number of rotatable bonds is 4. The number of ether oxygens (including phenoxy) is 1. The fraction of sp³-hybridized carbons (Fsp3) is 0.286. The van der Waals surface area contributed by atoms with Gasteiger partial charge in [-0.2, -0.15) is 0 Å². The molecule has 0 saturated heterocycles. The Kier molecular flexibility index (Phi) is 4.29. The molecule has 1 heterocycles. The normalized spacial score (nSPS) is 10.6. The number of H-pyrrole nitrogens is 1. The van der Waals surface area contributed by atoms with Crippen molar-refractivity contribution in [2.75, 3.05) is 7.11 Å². The Balaban J connectivity index is 2.25. The molecule has 2 rings (SSSR count). The van der Waals surface area contributed by atoms with E-state index in [0.29, 0.717) is 18.5 Å². The van der Waals surface area contributed by atoms with Gasteiger partial charge in [-0.3, -0.25) is 14.3 Å². The lowest BCUT2D eigenvalue weighted by Gasteiger charge is -2.07. The molecule has 0 radical (unpaired) electrons. The highest BCUT2D eigenvalue weighted by Crippen LogP contribution is 2.13. The average Bonchev–Trinajstić information content (AvgIpc) is 2.45. The number of aryl methyl sites for hydroxylation is 1. The van der Waals surface area contributed by atoms with E-state index in [-0.39, 0.29) is 10.7 Å². The van der Waals surface area contributed by atoms with Gasteiger partial charge >= 0.3 is 5.69 Å². The van der Waals surface area contributed by atoms with E-state index < -0.39 is 5.69 Å². The molecule has 6 heteroatoms. The quantitative estimate of drug-likeness (QED) is 0.874. The molecule has 0 aliphatic carbocycles. The van der Waals surface area contributed by atoms with Crippen LogP contribution in [0.15, 0.2) is 33.9 Å². The molecule has 0 fully saturated rings. The summed E-state index contributed by atoms with van der Waals surface area (Å²) >= 11 is 5.76. The number of halogens is 1. The van der Waals surface area contributed by atoms with Crippen molar-refractivity contribution < 1.29 is 4.74 Å². The molecule has 2 aromatic rings. The summed E-state index contributed by atoms with van der Waals surface area (Å²) in [6.07, 6.45) is 0.557. The summed E-state index contributed by atoms with van der Waals surface area (Å²) in [6, 6.07) is 7.51. The van der Waals surface area contributed by atoms with Crippen LogP contribution in [0.1, 0.15) is 11.1 Å². The Morgan fingerprint density at radius 2 is 2.10 bits per heavy atom. The molecule has 1 N–H and O–H groups in total. The maximum absolute atomic E-state index is 12.0. The Morgan fingerprint density at radius 3 is 2.80 bits per heavy atom. The van der Waals surface area contributed by atoms with Crippen LogP contribution < -0.4 is 16.0 Å². The topological polar surface area (TPSA) is 64.1 Å². The number of aromatic amines is 1. The van der Waals surface area contributed by atoms with E-state index in [2.05, 4.69) is 4.98 Å². The van der Waals surface area contributed by atoms with E-state index >= 15 is 0 Å². The Bertz CT molecular complexity index is 734. The van der Waals surface area contributed by atoms with Crippen LogP contribution in [0.2, 0.25) is 5.15 Å². The van der Waals surface area contributed by atoms with Crippen LogP contribution in [0.4, 0.5) is 0 Å². The number of nitrogens with one attached hydrogen (secondary N) is 1. The van der Waals surface area contributed by atoms with Crippen LogP contribution >= 0.6 is 11.6 Å². The number of nitrogens with zero attached hydrogens (tertiary/aromatic N) is 1. The SMILES string of the molecule is COc1cccc(CCn2c(=O)[nH]c(Cl)c(C)c2=O)c1. The zero-order valence-electron chi connectivity index (χ0n) is 11.3. The Hall–Kier alpha value is -2.01. The van der Waals surface area contributed by atoms with Gasteiger partial charge in [0.1, 0.15) is 10.9 Å². The number of benzene rings is 1. The molecular formula is C14H15ClN2O3. The molecule has 0 bridgehead atoms. The van der Waals surface area contributed by atoms with Gasteiger partial charge < -0.3 is 4.74 Å². The second-order valence-electron chi connectivity index (χ2n) is 4.43. The number of hydrogen-bond acceptors (Lipinski definition) is 3. The molecule has 0 atom stereocenters. The van der Waals surface area contributed by atoms with Gasteiger partial charge in [-0.05, 0) is 31.0 Å². The highest BCUT2D eigenvalue weighted by molar-refractivity contribution is 6.30. The predicted octanol–water partition coefficient (Wildman–Crippen LogP) is 1.75. The lowest BCUT2D eigenvalue weighted by molar-refractivity contribution is 0.414. The van der Waals surface area contributed by atoms with Crippen molar-refractivity contribution in [2.45, 2.75) is 19.9 Å². The van der Waals surface area contributed by atoms with Crippen molar-refractivity contribution in [1.29, 1.82) is 0 Å². The molecule has 106 valence electrons. The molecule has 0 unspecified atom stereocenters. The molecular weight excluding hydrogens is 280 g/mol. The van der Waals surface area contributed by atoms with E-state index in [9.17, 15) is 9.59 Å². The third-order valence-electron chi connectivity index (χ3n) is 3.12. The molecule has 0 spiro atoms. The van der Waals surface area contributed by atoms with Gasteiger partial charge in [0.25, 0.3) is 5.56 Å². The van der Waals surface area contributed by atoms with E-state index in [1.807, 2.05) is 24.3 Å². The first kappa shape index (κ1) is 14.4. The summed E-state index contributed by atoms with van der Waals surface area (Å²) in [7, 11) is 1.59. The van der Waals surface area contributed by atoms with E-state index in [0.717, 1.165) is 15.9 Å². The summed E-state index contributed by atoms with van der Waals surface area (Å²) in [5, 5.41) is 0.0950. The summed E-state index contributed by atoms with van der Waals surface area (Å²) in [4.78, 5) is 26.2. The summed E-state index contributed by atoms with van der Waals surface area (Å²) in [5.41, 5.74) is 0.482. The highest BCUT2D eigenvalue weighted by Gasteiger charge is 2.08. The van der Waals surface area contributed by atoms with Crippen LogP contribution in [0.25, 0.3) is 0 Å². The maximum Gasteiger partial charge on any atom is 0.329 e. The summed E-state index contributed by atoms with van der Waals surface area (Å²) in [5.74, 6) is 0.746. The monoisotopic (exact) mass is 294 g/mol. The van der Waals surface area contributed by atoms with E-state index in [1.54, 1.807) is 14.0 Å². The zero-order chi connectivity index (χ0) is 14.7. The smallest absolute Gasteiger partial charge is 0.329 e. The Labute approximate surface area is 120 Å². The minimum absolute atomic E-state index is 0.0950. The third kappa shape index (κ3) is 2.93. The van der Waals surface area contributed by atoms with Crippen LogP contribution in [0.5, 0.6) is 5.75 Å². The number of methoxy groups -OCH3 is 1. The van der Waals surface area contributed by atoms with Gasteiger partial charge in [-0.1, -0.05) is 23.7 Å². The fourth-order valence-corrected chi connectivity index (χ4v) is 2.08. The van der Waals surface area contributed by atoms with Crippen LogP contribution in [0.3, 0.4) is 0 Å². The summed E-state index contributed by atoms with van der Waals surface area (Å²) in [6.45, 7) is 1.88. The number of aromatic nitrogens is 2. The van der Waals surface area contributed by atoms with Crippen molar-refractivity contribution in [3.8, 4) is 5.75 Å². The molecule has 1 aromatic heterocycles. The van der Waals surface area contributed by atoms with Crippen molar-refractivity contribution >= 4 is 11.6 Å². The fourth-order valence-electron chi connectivity index (χ4n) is 1.92. The second-order valence-corrected chi connectivity index (χ2v) is 4.81. The van der Waals surface area contributed by atoms with Gasteiger partial charge in [0.2, 0.25) is 0 Å². The van der Waals surface area contributed by atoms with E-state index in [4.69, 9.17) is 16.3 Å². The zero-order valence-corrected chi connectivity index (χ0v) is 12.0. The van der Waals surface area contributed by atoms with Crippen molar-refractivity contribution in [1.82, 2.24) is 9.55 Å². The van der Waals surface area contributed by atoms with Gasteiger partial charge in [-0.15, -0.1) is 0 Å². The lowest BCUT2D eigenvalue weighted by Crippen LogP contribution is -2.37. The van der Waals surface area contributed by atoms with Crippen LogP contribution in [-0.2, 0) is 13.0 Å². The van der Waals surface area contributed by atoms with Crippen molar-refractivity contribution in [3.05, 3.63) is 61.4 Å². The minimum Gasteiger partial charge on any atom is -0.497 e. The number of hydrogen-bond donors (Lipinski definition) is 1. The highest BCUT2D eigenvalue weighted by atomic mass is 35.5. The minimum atomic E-state index is -0.492. The van der Waals surface area contributed by atoms with Gasteiger partial charge in [0, 0.05) is 12.1 Å². The van der Waals surface area contributed by atoms with Gasteiger partial charge in [-0.25, -0.2) is 4.79 Å². The molecule has 0 aliphatic heterocycles. The Morgan fingerprint density at radius 1 is 1.35 bits per heavy atom. The second kappa shape index (κ2) is 5.96. The standard InChI is InChI=1S/C14H15ClN2O3/c1-9-12(15)16-14(19)17(13(9)18)7-6-10-4-3-5-11(8-10)20-2/h3-5,8H,6-7H2,1-2H3,(H,16,19). The molecule has 0 aliphatic rings. The van der Waals surface area contributed by atoms with Crippen LogP contribution in [-0.4, -0.2) is 16.7 Å². The first-order valence-electron chi connectivity index (χ1n) is 6.15. The molecule has 0 saturated carbocycles. The summed E-state index contributed by atoms with van der Waals surface area (Å²) < 4.78 is 6.29. The third-order valence-corrected chi connectivity index (χ3v) is 3.49.